The molecule has 5 nitrogen and oxygen atoms in total. The van der Waals surface area contributed by atoms with Gasteiger partial charge >= 0.3 is 0 Å². The predicted molar refractivity (Wildman–Crippen MR) is 117 cm³/mol. The van der Waals surface area contributed by atoms with Crippen LogP contribution in [0.2, 0.25) is 0 Å². The molecule has 5 heteroatoms. The van der Waals surface area contributed by atoms with Gasteiger partial charge in [-0.05, 0) is 35.9 Å². The summed E-state index contributed by atoms with van der Waals surface area (Å²) in [6.45, 7) is 7.43. The molecule has 1 fully saturated rings. The van der Waals surface area contributed by atoms with Gasteiger partial charge in [0.15, 0.2) is 11.5 Å². The third-order valence-corrected chi connectivity index (χ3v) is 5.79. The molecule has 1 aliphatic rings. The monoisotopic (exact) mass is 405 g/mol. The maximum atomic E-state index is 6.08. The van der Waals surface area contributed by atoms with Crippen molar-refractivity contribution in [1.82, 2.24) is 4.98 Å². The lowest BCUT2D eigenvalue weighted by Crippen LogP contribution is -3.27. The van der Waals surface area contributed by atoms with Crippen LogP contribution >= 0.6 is 0 Å². The molecule has 1 aromatic heterocycles. The molecule has 0 unspecified atom stereocenters. The molecule has 0 spiro atoms. The van der Waals surface area contributed by atoms with Crippen molar-refractivity contribution in [2.75, 3.05) is 33.3 Å². The van der Waals surface area contributed by atoms with Crippen molar-refractivity contribution in [3.8, 4) is 11.5 Å². The smallest absolute Gasteiger partial charge is 0.162 e. The van der Waals surface area contributed by atoms with Crippen LogP contribution < -0.4 is 19.3 Å². The number of ether oxygens (including phenoxy) is 2. The Morgan fingerprint density at radius 3 is 2.07 bits per heavy atom. The van der Waals surface area contributed by atoms with E-state index in [1.807, 2.05) is 36.7 Å². The van der Waals surface area contributed by atoms with Crippen LogP contribution in [0.25, 0.3) is 0 Å². The molecule has 0 aliphatic carbocycles. The number of quaternary nitrogens is 2. The first-order valence-electron chi connectivity index (χ1n) is 10.7. The molecule has 30 heavy (non-hydrogen) atoms. The predicted octanol–water partition coefficient (Wildman–Crippen LogP) is 1.15. The Morgan fingerprint density at radius 1 is 0.733 bits per heavy atom. The van der Waals surface area contributed by atoms with E-state index in [1.54, 1.807) is 16.9 Å². The van der Waals surface area contributed by atoms with Crippen molar-refractivity contribution in [3.05, 3.63) is 89.7 Å². The minimum absolute atomic E-state index is 0.546. The molecule has 0 atom stereocenters. The van der Waals surface area contributed by atoms with Gasteiger partial charge in [-0.15, -0.1) is 0 Å². The van der Waals surface area contributed by atoms with Crippen LogP contribution in [0.1, 0.15) is 16.7 Å². The highest BCUT2D eigenvalue weighted by atomic mass is 16.5. The van der Waals surface area contributed by atoms with Gasteiger partial charge in [-0.25, -0.2) is 0 Å². The van der Waals surface area contributed by atoms with Gasteiger partial charge < -0.3 is 19.3 Å². The van der Waals surface area contributed by atoms with Crippen molar-refractivity contribution < 1.29 is 19.3 Å². The number of benzene rings is 2. The normalized spacial score (nSPS) is 18.7. The average molecular weight is 406 g/mol. The number of aromatic nitrogens is 1. The Bertz CT molecular complexity index is 910. The van der Waals surface area contributed by atoms with E-state index in [9.17, 15) is 0 Å². The van der Waals surface area contributed by atoms with Gasteiger partial charge in [0.25, 0.3) is 0 Å². The molecule has 0 radical (unpaired) electrons. The molecular weight excluding hydrogens is 374 g/mol. The fraction of sp³-hybridized carbons (Fsp3) is 0.320. The molecule has 1 saturated heterocycles. The molecule has 156 valence electrons. The van der Waals surface area contributed by atoms with E-state index < -0.39 is 0 Å². The van der Waals surface area contributed by atoms with Crippen LogP contribution in [0.5, 0.6) is 11.5 Å². The lowest BCUT2D eigenvalue weighted by atomic mass is 10.1. The largest absolute Gasteiger partial charge is 0.493 e. The molecule has 4 rings (SSSR count). The third kappa shape index (κ3) is 5.59. The summed E-state index contributed by atoms with van der Waals surface area (Å²) in [6, 6.07) is 20.8. The standard InChI is InChI=1S/C25H29N3O2/c1-29-24-8-7-23(17-25(24)30-20-22-5-3-2-4-6-22)19-28-15-13-27(14-16-28)18-21-9-11-26-12-10-21/h2-12,17H,13-16,18-20H2,1H3/p+2. The fourth-order valence-electron chi connectivity index (χ4n) is 4.07. The third-order valence-electron chi connectivity index (χ3n) is 5.79. The summed E-state index contributed by atoms with van der Waals surface area (Å²) < 4.78 is 11.6. The highest BCUT2D eigenvalue weighted by Gasteiger charge is 2.23. The van der Waals surface area contributed by atoms with E-state index in [2.05, 4.69) is 41.4 Å². The molecule has 2 heterocycles. The summed E-state index contributed by atoms with van der Waals surface area (Å²) in [4.78, 5) is 7.41. The lowest BCUT2D eigenvalue weighted by Gasteiger charge is -2.30. The summed E-state index contributed by atoms with van der Waals surface area (Å²) >= 11 is 0. The number of hydrogen-bond acceptors (Lipinski definition) is 3. The zero-order valence-electron chi connectivity index (χ0n) is 17.6. The molecule has 0 amide bonds. The van der Waals surface area contributed by atoms with Gasteiger partial charge in [-0.2, -0.15) is 0 Å². The highest BCUT2D eigenvalue weighted by Crippen LogP contribution is 2.28. The van der Waals surface area contributed by atoms with Gasteiger partial charge in [-0.1, -0.05) is 30.3 Å². The number of pyridine rings is 1. The van der Waals surface area contributed by atoms with Crippen molar-refractivity contribution in [1.29, 1.82) is 0 Å². The number of nitrogens with zero attached hydrogens (tertiary/aromatic N) is 1. The van der Waals surface area contributed by atoms with Crippen LogP contribution in [-0.4, -0.2) is 38.3 Å². The minimum Gasteiger partial charge on any atom is -0.493 e. The molecule has 2 N–H and O–H groups in total. The number of hydrogen-bond donors (Lipinski definition) is 2. The van der Waals surface area contributed by atoms with Crippen LogP contribution in [0.3, 0.4) is 0 Å². The van der Waals surface area contributed by atoms with Gasteiger partial charge in [0.1, 0.15) is 45.9 Å². The lowest BCUT2D eigenvalue weighted by molar-refractivity contribution is -1.02. The van der Waals surface area contributed by atoms with E-state index in [-0.39, 0.29) is 0 Å². The van der Waals surface area contributed by atoms with Crippen LogP contribution in [-0.2, 0) is 19.7 Å². The molecule has 2 aromatic carbocycles. The quantitative estimate of drug-likeness (QED) is 0.591. The number of methoxy groups -OCH3 is 1. The minimum atomic E-state index is 0.546. The zero-order valence-corrected chi connectivity index (χ0v) is 17.6. The van der Waals surface area contributed by atoms with Crippen molar-refractivity contribution in [3.63, 3.8) is 0 Å². The second-order valence-corrected chi connectivity index (χ2v) is 7.97. The Kier molecular flexibility index (Phi) is 6.95. The first-order valence-corrected chi connectivity index (χ1v) is 10.7. The van der Waals surface area contributed by atoms with Gasteiger partial charge in [0, 0.05) is 23.5 Å². The van der Waals surface area contributed by atoms with Crippen LogP contribution in [0.4, 0.5) is 0 Å². The first kappa shape index (κ1) is 20.4. The molecule has 3 aromatic rings. The molecule has 0 saturated carbocycles. The second-order valence-electron chi connectivity index (χ2n) is 7.97. The molecule has 0 bridgehead atoms. The van der Waals surface area contributed by atoms with E-state index in [1.165, 1.54) is 37.3 Å². The highest BCUT2D eigenvalue weighted by molar-refractivity contribution is 5.43. The van der Waals surface area contributed by atoms with E-state index in [4.69, 9.17) is 9.47 Å². The Labute approximate surface area is 178 Å². The van der Waals surface area contributed by atoms with E-state index >= 15 is 0 Å². The summed E-state index contributed by atoms with van der Waals surface area (Å²) in [5.74, 6) is 1.61. The average Bonchev–Trinajstić information content (AvgIpc) is 2.80. The van der Waals surface area contributed by atoms with E-state index in [0.717, 1.165) is 30.2 Å². The Balaban J connectivity index is 1.32. The summed E-state index contributed by atoms with van der Waals surface area (Å²) in [6.07, 6.45) is 3.77. The first-order chi connectivity index (χ1) is 14.8. The number of nitrogens with one attached hydrogen (secondary N) is 2. The van der Waals surface area contributed by atoms with Crippen molar-refractivity contribution in [2.45, 2.75) is 19.7 Å². The van der Waals surface area contributed by atoms with Crippen molar-refractivity contribution >= 4 is 0 Å². The number of rotatable bonds is 8. The Morgan fingerprint density at radius 2 is 1.40 bits per heavy atom. The number of piperazine rings is 1. The topological polar surface area (TPSA) is 40.2 Å². The van der Waals surface area contributed by atoms with Gasteiger partial charge in [-0.3, -0.25) is 4.98 Å². The van der Waals surface area contributed by atoms with Gasteiger partial charge in [0.2, 0.25) is 0 Å². The molecular formula is C25H31N3O2+2. The van der Waals surface area contributed by atoms with Crippen LogP contribution in [0, 0.1) is 0 Å². The van der Waals surface area contributed by atoms with Gasteiger partial charge in [0.05, 0.1) is 7.11 Å². The summed E-state index contributed by atoms with van der Waals surface area (Å²) in [5, 5.41) is 0. The second kappa shape index (κ2) is 10.2. The maximum absolute atomic E-state index is 6.08. The zero-order chi connectivity index (χ0) is 20.6. The fourth-order valence-corrected chi connectivity index (χ4v) is 4.07. The maximum Gasteiger partial charge on any atom is 0.162 e. The summed E-state index contributed by atoms with van der Waals surface area (Å²) in [7, 11) is 1.69. The van der Waals surface area contributed by atoms with E-state index in [0.29, 0.717) is 6.61 Å². The van der Waals surface area contributed by atoms with Crippen molar-refractivity contribution in [2.24, 2.45) is 0 Å². The molecule has 1 aliphatic heterocycles. The Hall–Kier alpha value is -2.89. The summed E-state index contributed by atoms with van der Waals surface area (Å²) in [5.41, 5.74) is 3.83. The van der Waals surface area contributed by atoms with Crippen LogP contribution in [0.15, 0.2) is 73.1 Å². The SMILES string of the molecule is COc1ccc(C[NH+]2CC[NH+](Cc3ccncc3)CC2)cc1OCc1ccccc1.